The molecule has 0 radical (unpaired) electrons. The molecular formula is C58H75N7O11. The third-order valence-electron chi connectivity index (χ3n) is 10.4. The lowest BCUT2D eigenvalue weighted by Gasteiger charge is -2.25. The molecule has 5 rings (SSSR count). The number of ether oxygens (including phenoxy) is 5. The van der Waals surface area contributed by atoms with Crippen LogP contribution in [0, 0.1) is 0 Å². The van der Waals surface area contributed by atoms with E-state index in [2.05, 4.69) is 0 Å². The van der Waals surface area contributed by atoms with Crippen LogP contribution in [0.15, 0.2) is 84.9 Å². The molecule has 0 aliphatic rings. The van der Waals surface area contributed by atoms with Gasteiger partial charge in [-0.2, -0.15) is 0 Å². The number of carbonyl (C=O) groups excluding carboxylic acids is 4. The van der Waals surface area contributed by atoms with Crippen molar-refractivity contribution >= 4 is 29.8 Å². The maximum Gasteiger partial charge on any atom is 0.357 e. The molecule has 0 aromatic carbocycles. The van der Waals surface area contributed by atoms with Gasteiger partial charge < -0.3 is 28.8 Å². The predicted molar refractivity (Wildman–Crippen MR) is 284 cm³/mol. The molecule has 0 aliphatic carbocycles. The molecular weight excluding hydrogens is 971 g/mol. The number of rotatable bonds is 24. The number of aliphatic carboxylic acids is 1. The highest BCUT2D eigenvalue weighted by molar-refractivity contribution is 5.89. The normalized spacial score (nSPS) is 12.1. The first-order valence-electron chi connectivity index (χ1n) is 25.6. The average Bonchev–Trinajstić information content (AvgIpc) is 3.29. The first kappa shape index (κ1) is 59.7. The Morgan fingerprint density at radius 2 is 0.697 bits per heavy atom. The molecule has 0 atom stereocenters. The van der Waals surface area contributed by atoms with E-state index in [1.54, 1.807) is 132 Å². The van der Waals surface area contributed by atoms with Gasteiger partial charge in [0.1, 0.15) is 50.9 Å². The van der Waals surface area contributed by atoms with Crippen molar-refractivity contribution in [3.63, 3.8) is 0 Å². The van der Waals surface area contributed by atoms with Crippen LogP contribution in [0.25, 0.3) is 0 Å². The molecule has 408 valence electrons. The van der Waals surface area contributed by atoms with Crippen LogP contribution in [-0.4, -0.2) is 98.7 Å². The lowest BCUT2D eigenvalue weighted by atomic mass is 10.1. The summed E-state index contributed by atoms with van der Waals surface area (Å²) in [6, 6.07) is 24.4. The van der Waals surface area contributed by atoms with Crippen molar-refractivity contribution in [2.24, 2.45) is 0 Å². The van der Waals surface area contributed by atoms with Gasteiger partial charge in [0.2, 0.25) is 0 Å². The van der Waals surface area contributed by atoms with Crippen molar-refractivity contribution in [3.05, 3.63) is 142 Å². The molecule has 0 spiro atoms. The summed E-state index contributed by atoms with van der Waals surface area (Å²) < 4.78 is 29.0. The fourth-order valence-corrected chi connectivity index (χ4v) is 7.54. The summed E-state index contributed by atoms with van der Waals surface area (Å²) in [4.78, 5) is 92.0. The van der Waals surface area contributed by atoms with Crippen LogP contribution in [0.2, 0.25) is 0 Å². The lowest BCUT2D eigenvalue weighted by Crippen LogP contribution is -2.28. The molecule has 0 saturated heterocycles. The lowest BCUT2D eigenvalue weighted by molar-refractivity contribution is -0.137. The molecule has 1 N–H and O–H groups in total. The number of carbonyl (C=O) groups is 5. The third-order valence-corrected chi connectivity index (χ3v) is 10.4. The number of esters is 4. The Bertz CT molecular complexity index is 2470. The number of unbranched alkanes of at least 4 members (excludes halogenated alkanes) is 3. The van der Waals surface area contributed by atoms with Crippen molar-refractivity contribution in [3.8, 4) is 5.75 Å². The largest absolute Gasteiger partial charge is 0.493 e. The second kappa shape index (κ2) is 26.5. The highest BCUT2D eigenvalue weighted by atomic mass is 16.6. The fourth-order valence-electron chi connectivity index (χ4n) is 7.54. The fraction of sp³-hybridized carbons (Fsp3) is 0.483. The van der Waals surface area contributed by atoms with E-state index in [4.69, 9.17) is 53.7 Å². The molecule has 76 heavy (non-hydrogen) atoms. The van der Waals surface area contributed by atoms with Crippen molar-refractivity contribution in [2.45, 2.75) is 177 Å². The third kappa shape index (κ3) is 22.0. The Morgan fingerprint density at radius 1 is 0.408 bits per heavy atom. The van der Waals surface area contributed by atoms with Gasteiger partial charge in [0.05, 0.1) is 40.8 Å². The Morgan fingerprint density at radius 3 is 0.987 bits per heavy atom. The van der Waals surface area contributed by atoms with E-state index in [1.807, 2.05) is 46.2 Å². The molecule has 0 amide bonds. The van der Waals surface area contributed by atoms with E-state index in [9.17, 15) is 24.0 Å². The second-order valence-electron chi connectivity index (χ2n) is 22.5. The van der Waals surface area contributed by atoms with Crippen LogP contribution < -0.4 is 4.74 Å². The highest BCUT2D eigenvalue weighted by Crippen LogP contribution is 2.23. The van der Waals surface area contributed by atoms with Gasteiger partial charge in [0.25, 0.3) is 0 Å². The van der Waals surface area contributed by atoms with Gasteiger partial charge in [0, 0.05) is 57.8 Å². The minimum Gasteiger partial charge on any atom is -0.493 e. The molecule has 0 saturated carbocycles. The number of hydrogen-bond acceptors (Lipinski definition) is 17. The van der Waals surface area contributed by atoms with Crippen molar-refractivity contribution in [1.82, 2.24) is 34.7 Å². The zero-order chi connectivity index (χ0) is 55.8. The summed E-state index contributed by atoms with van der Waals surface area (Å²) in [6.45, 7) is 23.1. The zero-order valence-electron chi connectivity index (χ0n) is 46.2. The Balaban J connectivity index is 1.56. The van der Waals surface area contributed by atoms with Gasteiger partial charge in [0.15, 0.2) is 0 Å². The molecule has 0 bridgehead atoms. The van der Waals surface area contributed by atoms with Gasteiger partial charge >= 0.3 is 29.8 Å². The van der Waals surface area contributed by atoms with E-state index < -0.39 is 52.3 Å². The average molecular weight is 1050 g/mol. The van der Waals surface area contributed by atoms with E-state index in [1.165, 1.54) is 0 Å². The molecule has 0 unspecified atom stereocenters. The first-order valence-corrected chi connectivity index (χ1v) is 25.6. The molecule has 5 aromatic heterocycles. The van der Waals surface area contributed by atoms with Gasteiger partial charge in [-0.25, -0.2) is 39.1 Å². The summed E-state index contributed by atoms with van der Waals surface area (Å²) in [5, 5.41) is 9.13. The summed E-state index contributed by atoms with van der Waals surface area (Å²) >= 11 is 0. The van der Waals surface area contributed by atoms with Crippen LogP contribution in [0.3, 0.4) is 0 Å². The summed E-state index contributed by atoms with van der Waals surface area (Å²) in [6.07, 6.45) is 2.87. The number of aromatic nitrogens is 5. The zero-order valence-corrected chi connectivity index (χ0v) is 46.2. The maximum atomic E-state index is 13.2. The second-order valence-corrected chi connectivity index (χ2v) is 22.5. The monoisotopic (exact) mass is 1050 g/mol. The quantitative estimate of drug-likeness (QED) is 0.0345. The van der Waals surface area contributed by atoms with Crippen LogP contribution in [-0.2, 0) is 63.0 Å². The highest BCUT2D eigenvalue weighted by Gasteiger charge is 2.25. The molecule has 18 nitrogen and oxygen atoms in total. The summed E-state index contributed by atoms with van der Waals surface area (Å²) in [5.41, 5.74) is 1.12. The van der Waals surface area contributed by atoms with Crippen LogP contribution in [0.4, 0.5) is 0 Å². The van der Waals surface area contributed by atoms with Crippen LogP contribution in [0.1, 0.15) is 191 Å². The van der Waals surface area contributed by atoms with Crippen molar-refractivity contribution in [1.29, 1.82) is 0 Å². The topological polar surface area (TPSA) is 223 Å². The molecule has 0 aliphatic heterocycles. The van der Waals surface area contributed by atoms with E-state index >= 15 is 0 Å². The van der Waals surface area contributed by atoms with Crippen molar-refractivity contribution in [2.75, 3.05) is 6.61 Å². The Labute approximate surface area is 446 Å². The van der Waals surface area contributed by atoms with Crippen LogP contribution >= 0.6 is 0 Å². The maximum absolute atomic E-state index is 13.2. The van der Waals surface area contributed by atoms with Gasteiger partial charge in [-0.15, -0.1) is 0 Å². The predicted octanol–water partition coefficient (Wildman–Crippen LogP) is 10.3. The standard InChI is InChI=1S/C58H75N7O11/c1-55(2,3)73-51(68)46-25-17-21-39(60-46)33-64(34-40-22-18-26-47(61-40)52(69)74-56(4,5)6)37-43-31-45(72-30-16-14-13-15-29-50(66)67)32-44(59-43)38-65(35-41-23-19-27-48(62-41)53(70)75-57(7,8)9)36-42-24-20-28-49(63-42)54(71)76-58(10,11)12/h17-28,31-32H,13-16,29-30,33-38H2,1-12H3,(H,66,67). The van der Waals surface area contributed by atoms with Gasteiger partial charge in [-0.1, -0.05) is 37.1 Å². The number of hydrogen-bond donors (Lipinski definition) is 1. The van der Waals surface area contributed by atoms with Gasteiger partial charge in [-0.3, -0.25) is 19.6 Å². The molecule has 0 fully saturated rings. The SMILES string of the molecule is CC(C)(C)OC(=O)c1cccc(CN(Cc2cc(OCCCCCCC(=O)O)cc(CN(Cc3cccc(C(=O)OC(C)(C)C)n3)Cc3cccc(C(=O)OC(C)(C)C)n3)n2)Cc2cccc(C(=O)OC(C)(C)C)n2)n1. The van der Waals surface area contributed by atoms with E-state index in [0.717, 1.165) is 12.8 Å². The molecule has 5 heterocycles. The summed E-state index contributed by atoms with van der Waals surface area (Å²) in [5.74, 6) is -2.53. The Kier molecular flexibility index (Phi) is 20.8. The molecule has 5 aromatic rings. The van der Waals surface area contributed by atoms with Crippen molar-refractivity contribution < 1.29 is 52.8 Å². The number of carboxylic acids is 1. The number of pyridine rings is 5. The summed E-state index contributed by atoms with van der Waals surface area (Å²) in [7, 11) is 0. The number of nitrogens with zero attached hydrogens (tertiary/aromatic N) is 7. The minimum atomic E-state index is -0.827. The van der Waals surface area contributed by atoms with Gasteiger partial charge in [-0.05, 0) is 144 Å². The van der Waals surface area contributed by atoms with E-state index in [-0.39, 0.29) is 68.5 Å². The number of carboxylic acid groups (broad SMARTS) is 1. The molecule has 18 heteroatoms. The Hall–Kier alpha value is -7.18. The minimum absolute atomic E-state index is 0.105. The first-order chi connectivity index (χ1) is 35.5. The van der Waals surface area contributed by atoms with E-state index in [0.29, 0.717) is 59.4 Å². The van der Waals surface area contributed by atoms with Crippen LogP contribution in [0.5, 0.6) is 5.75 Å². The smallest absolute Gasteiger partial charge is 0.357 e.